The lowest BCUT2D eigenvalue weighted by atomic mass is 10.2. The van der Waals surface area contributed by atoms with E-state index in [2.05, 4.69) is 15.6 Å². The first-order chi connectivity index (χ1) is 13.1. The Balaban J connectivity index is 1.93. The van der Waals surface area contributed by atoms with Gasteiger partial charge in [-0.3, -0.25) is 9.59 Å². The summed E-state index contributed by atoms with van der Waals surface area (Å²) >= 11 is 0. The Hall–Kier alpha value is -3.66. The molecule has 3 rings (SSSR count). The molecule has 0 saturated heterocycles. The fourth-order valence-corrected chi connectivity index (χ4v) is 2.84. The summed E-state index contributed by atoms with van der Waals surface area (Å²) in [6, 6.07) is 12.9. The Morgan fingerprint density at radius 1 is 1.19 bits per heavy atom. The van der Waals surface area contributed by atoms with Crippen LogP contribution in [0.15, 0.2) is 48.8 Å². The van der Waals surface area contributed by atoms with E-state index < -0.39 is 0 Å². The highest BCUT2D eigenvalue weighted by Crippen LogP contribution is 2.27. The first kappa shape index (κ1) is 18.1. The first-order valence-electron chi connectivity index (χ1n) is 8.65. The van der Waals surface area contributed by atoms with E-state index in [4.69, 9.17) is 5.26 Å². The number of rotatable bonds is 6. The van der Waals surface area contributed by atoms with E-state index in [1.165, 1.54) is 0 Å². The largest absolute Gasteiger partial charge is 0.325 e. The molecular weight excluding hydrogens is 342 g/mol. The van der Waals surface area contributed by atoms with Gasteiger partial charge < -0.3 is 15.2 Å². The number of nitrogens with zero attached hydrogens (tertiary/aromatic N) is 3. The van der Waals surface area contributed by atoms with Gasteiger partial charge in [0, 0.05) is 30.3 Å². The molecule has 0 atom stereocenters. The molecule has 2 aromatic heterocycles. The van der Waals surface area contributed by atoms with Gasteiger partial charge in [0.2, 0.25) is 11.8 Å². The lowest BCUT2D eigenvalue weighted by Crippen LogP contribution is -2.12. The fourth-order valence-electron chi connectivity index (χ4n) is 2.84. The van der Waals surface area contributed by atoms with Crippen molar-refractivity contribution in [3.63, 3.8) is 0 Å². The van der Waals surface area contributed by atoms with E-state index in [-0.39, 0.29) is 18.2 Å². The summed E-state index contributed by atoms with van der Waals surface area (Å²) in [6.07, 6.45) is 4.55. The molecular formula is C20H19N5O2. The minimum absolute atomic E-state index is 0.0676. The van der Waals surface area contributed by atoms with E-state index in [0.717, 1.165) is 23.0 Å². The fraction of sp³-hybridized carbons (Fsp3) is 0.200. The van der Waals surface area contributed by atoms with Crippen LogP contribution in [-0.2, 0) is 9.59 Å². The lowest BCUT2D eigenvalue weighted by Gasteiger charge is -2.10. The van der Waals surface area contributed by atoms with Crippen molar-refractivity contribution in [3.8, 4) is 11.8 Å². The summed E-state index contributed by atoms with van der Waals surface area (Å²) in [4.78, 5) is 27.7. The number of benzene rings is 1. The van der Waals surface area contributed by atoms with Crippen LogP contribution in [0.4, 0.5) is 11.5 Å². The van der Waals surface area contributed by atoms with Crippen molar-refractivity contribution in [1.82, 2.24) is 9.55 Å². The van der Waals surface area contributed by atoms with Gasteiger partial charge in [-0.1, -0.05) is 13.0 Å². The van der Waals surface area contributed by atoms with Crippen LogP contribution in [-0.4, -0.2) is 21.4 Å². The van der Waals surface area contributed by atoms with Crippen molar-refractivity contribution < 1.29 is 9.59 Å². The smallest absolute Gasteiger partial charge is 0.238 e. The molecule has 0 unspecified atom stereocenters. The zero-order chi connectivity index (χ0) is 19.2. The van der Waals surface area contributed by atoms with Crippen molar-refractivity contribution in [3.05, 3.63) is 48.8 Å². The number of fused-ring (bicyclic) bond motifs is 1. The second-order valence-corrected chi connectivity index (χ2v) is 6.00. The predicted molar refractivity (Wildman–Crippen MR) is 103 cm³/mol. The molecule has 0 radical (unpaired) electrons. The van der Waals surface area contributed by atoms with Crippen molar-refractivity contribution >= 4 is 34.2 Å². The van der Waals surface area contributed by atoms with E-state index in [1.807, 2.05) is 48.0 Å². The predicted octanol–water partition coefficient (Wildman–Crippen LogP) is 3.62. The second-order valence-electron chi connectivity index (χ2n) is 6.00. The molecule has 0 spiro atoms. The zero-order valence-electron chi connectivity index (χ0n) is 14.9. The van der Waals surface area contributed by atoms with Gasteiger partial charge in [0.1, 0.15) is 12.2 Å². The number of hydrogen-bond donors (Lipinski definition) is 2. The number of amides is 2. The third kappa shape index (κ3) is 4.12. The molecule has 7 heteroatoms. The van der Waals surface area contributed by atoms with E-state index in [9.17, 15) is 9.59 Å². The maximum Gasteiger partial charge on any atom is 0.238 e. The summed E-state index contributed by atoms with van der Waals surface area (Å²) < 4.78 is 1.95. The van der Waals surface area contributed by atoms with Crippen LogP contribution in [0.2, 0.25) is 0 Å². The maximum atomic E-state index is 11.8. The quantitative estimate of drug-likeness (QED) is 0.700. The third-order valence-corrected chi connectivity index (χ3v) is 4.01. The number of carbonyl (C=O) groups excluding carboxylic acids is 2. The lowest BCUT2D eigenvalue weighted by molar-refractivity contribution is -0.116. The molecule has 0 aliphatic carbocycles. The first-order valence-corrected chi connectivity index (χ1v) is 8.65. The molecule has 0 aliphatic heterocycles. The van der Waals surface area contributed by atoms with Crippen molar-refractivity contribution in [2.24, 2.45) is 0 Å². The number of nitriles is 1. The van der Waals surface area contributed by atoms with Crippen LogP contribution in [0.1, 0.15) is 26.2 Å². The van der Waals surface area contributed by atoms with Gasteiger partial charge in [0.15, 0.2) is 0 Å². The number of hydrogen-bond acceptors (Lipinski definition) is 4. The summed E-state index contributed by atoms with van der Waals surface area (Å²) in [6.45, 7) is 1.95. The number of aromatic nitrogens is 2. The van der Waals surface area contributed by atoms with Gasteiger partial charge in [-0.05, 0) is 30.7 Å². The minimum atomic E-state index is -0.345. The van der Waals surface area contributed by atoms with E-state index in [1.54, 1.807) is 18.3 Å². The molecule has 0 bridgehead atoms. The normalized spacial score (nSPS) is 10.4. The molecule has 1 aromatic carbocycles. The average Bonchev–Trinajstić information content (AvgIpc) is 3.07. The van der Waals surface area contributed by atoms with Gasteiger partial charge in [-0.25, -0.2) is 4.98 Å². The van der Waals surface area contributed by atoms with Crippen LogP contribution >= 0.6 is 0 Å². The topological polar surface area (TPSA) is 99.8 Å². The van der Waals surface area contributed by atoms with Crippen LogP contribution in [0.25, 0.3) is 16.6 Å². The number of anilines is 2. The Morgan fingerprint density at radius 2 is 2.04 bits per heavy atom. The summed E-state index contributed by atoms with van der Waals surface area (Å²) in [7, 11) is 0. The number of carbonyl (C=O) groups is 2. The summed E-state index contributed by atoms with van der Waals surface area (Å²) in [5, 5.41) is 15.1. The van der Waals surface area contributed by atoms with Crippen molar-refractivity contribution in [1.29, 1.82) is 5.26 Å². The summed E-state index contributed by atoms with van der Waals surface area (Å²) in [5.74, 6) is 0.0795. The molecule has 136 valence electrons. The molecule has 7 nitrogen and oxygen atoms in total. The molecule has 2 N–H and O–H groups in total. The van der Waals surface area contributed by atoms with E-state index in [0.29, 0.717) is 17.9 Å². The highest BCUT2D eigenvalue weighted by atomic mass is 16.2. The standard InChI is InChI=1S/C20H19N5O2/c1-2-4-19(26)24-18-13-14(8-11-22-18)25-12-9-15-16(5-3-6-17(15)25)23-20(27)7-10-21/h3,5-6,8-9,11-13H,2,4,7H2,1H3,(H,23,27)(H,22,24,26). The average molecular weight is 361 g/mol. The highest BCUT2D eigenvalue weighted by Gasteiger charge is 2.10. The van der Waals surface area contributed by atoms with Crippen LogP contribution in [0.5, 0.6) is 0 Å². The number of pyridine rings is 1. The van der Waals surface area contributed by atoms with Gasteiger partial charge in [0.05, 0.1) is 23.0 Å². The summed E-state index contributed by atoms with van der Waals surface area (Å²) in [5.41, 5.74) is 2.38. The van der Waals surface area contributed by atoms with Crippen LogP contribution in [0, 0.1) is 11.3 Å². The highest BCUT2D eigenvalue weighted by molar-refractivity contribution is 6.02. The minimum Gasteiger partial charge on any atom is -0.325 e. The number of nitrogens with one attached hydrogen (secondary N) is 2. The van der Waals surface area contributed by atoms with Gasteiger partial charge in [0.25, 0.3) is 0 Å². The van der Waals surface area contributed by atoms with Gasteiger partial charge in [-0.2, -0.15) is 5.26 Å². The van der Waals surface area contributed by atoms with Crippen LogP contribution in [0.3, 0.4) is 0 Å². The van der Waals surface area contributed by atoms with Crippen molar-refractivity contribution in [2.45, 2.75) is 26.2 Å². The van der Waals surface area contributed by atoms with Gasteiger partial charge >= 0.3 is 0 Å². The molecule has 0 aliphatic rings. The molecule has 0 fully saturated rings. The molecule has 2 heterocycles. The SMILES string of the molecule is CCCC(=O)Nc1cc(-n2ccc3c(NC(=O)CC#N)cccc32)ccn1. The molecule has 3 aromatic rings. The zero-order valence-corrected chi connectivity index (χ0v) is 14.9. The molecule has 0 saturated carbocycles. The van der Waals surface area contributed by atoms with E-state index >= 15 is 0 Å². The third-order valence-electron chi connectivity index (χ3n) is 4.01. The monoisotopic (exact) mass is 361 g/mol. The molecule has 2 amide bonds. The molecule has 27 heavy (non-hydrogen) atoms. The Kier molecular flexibility index (Phi) is 5.47. The second kappa shape index (κ2) is 8.15. The Bertz CT molecular complexity index is 1030. The Morgan fingerprint density at radius 3 is 2.81 bits per heavy atom. The van der Waals surface area contributed by atoms with Crippen LogP contribution < -0.4 is 10.6 Å². The Labute approximate surface area is 156 Å². The maximum absolute atomic E-state index is 11.8. The van der Waals surface area contributed by atoms with Gasteiger partial charge in [-0.15, -0.1) is 0 Å². The van der Waals surface area contributed by atoms with Crippen molar-refractivity contribution in [2.75, 3.05) is 10.6 Å².